The van der Waals surface area contributed by atoms with E-state index >= 15 is 0 Å². The molecule has 1 atom stereocenters. The van der Waals surface area contributed by atoms with Crippen LogP contribution >= 0.6 is 27.3 Å². The minimum absolute atomic E-state index is 0.110. The van der Waals surface area contributed by atoms with Crippen LogP contribution in [0.15, 0.2) is 28.7 Å². The van der Waals surface area contributed by atoms with Crippen LogP contribution < -0.4 is 5.32 Å². The molecule has 1 heterocycles. The zero-order chi connectivity index (χ0) is 14.7. The maximum Gasteiger partial charge on any atom is 0.357 e. The maximum absolute atomic E-state index is 11.5. The number of thiazole rings is 1. The molecule has 0 aliphatic rings. The third kappa shape index (κ3) is 3.37. The number of rotatable bonds is 4. The molecule has 0 saturated heterocycles. The predicted octanol–water partition coefficient (Wildman–Crippen LogP) is 4.17. The number of nitrogens with zero attached hydrogens (tertiary/aromatic N) is 1. The van der Waals surface area contributed by atoms with Gasteiger partial charge in [-0.2, -0.15) is 0 Å². The van der Waals surface area contributed by atoms with Gasteiger partial charge >= 0.3 is 5.97 Å². The second-order valence-corrected chi connectivity index (χ2v) is 6.45. The molecular weight excluding hydrogens is 340 g/mol. The minimum Gasteiger partial charge on any atom is -0.464 e. The van der Waals surface area contributed by atoms with E-state index in [0.29, 0.717) is 5.69 Å². The molecule has 1 N–H and O–H groups in total. The number of carbonyl (C=O) groups is 1. The molecule has 0 aliphatic carbocycles. The van der Waals surface area contributed by atoms with Crippen molar-refractivity contribution in [2.24, 2.45) is 0 Å². The summed E-state index contributed by atoms with van der Waals surface area (Å²) >= 11 is 4.87. The summed E-state index contributed by atoms with van der Waals surface area (Å²) in [4.78, 5) is 16.7. The highest BCUT2D eigenvalue weighted by atomic mass is 79.9. The van der Waals surface area contributed by atoms with E-state index in [9.17, 15) is 4.79 Å². The van der Waals surface area contributed by atoms with Crippen LogP contribution in [0.25, 0.3) is 0 Å². The summed E-state index contributed by atoms with van der Waals surface area (Å²) in [7, 11) is 1.36. The highest BCUT2D eigenvalue weighted by Crippen LogP contribution is 2.27. The molecule has 1 aromatic heterocycles. The van der Waals surface area contributed by atoms with E-state index < -0.39 is 5.97 Å². The number of ether oxygens (including phenoxy) is 1. The fourth-order valence-electron chi connectivity index (χ4n) is 1.76. The number of halogens is 1. The van der Waals surface area contributed by atoms with Gasteiger partial charge in [0.1, 0.15) is 0 Å². The predicted molar refractivity (Wildman–Crippen MR) is 84.4 cm³/mol. The van der Waals surface area contributed by atoms with Crippen LogP contribution in [0, 0.1) is 6.92 Å². The van der Waals surface area contributed by atoms with Gasteiger partial charge in [0.2, 0.25) is 0 Å². The molecule has 106 valence electrons. The van der Waals surface area contributed by atoms with Gasteiger partial charge in [0.25, 0.3) is 0 Å². The van der Waals surface area contributed by atoms with Gasteiger partial charge in [-0.25, -0.2) is 9.78 Å². The monoisotopic (exact) mass is 354 g/mol. The molecule has 2 rings (SSSR count). The molecule has 0 spiro atoms. The highest BCUT2D eigenvalue weighted by Gasteiger charge is 2.17. The zero-order valence-corrected chi connectivity index (χ0v) is 13.8. The molecule has 0 bridgehead atoms. The Morgan fingerprint density at radius 3 is 2.65 bits per heavy atom. The van der Waals surface area contributed by atoms with Crippen molar-refractivity contribution in [2.45, 2.75) is 19.9 Å². The summed E-state index contributed by atoms with van der Waals surface area (Å²) in [6, 6.07) is 8.20. The van der Waals surface area contributed by atoms with Gasteiger partial charge in [-0.05, 0) is 31.5 Å². The standard InChI is InChI=1S/C14H15BrN2O2S/c1-8(10-4-6-11(15)7-5-10)16-14-17-12(9(2)20-14)13(18)19-3/h4-8H,1-3H3,(H,16,17). The normalized spacial score (nSPS) is 12.0. The molecule has 0 radical (unpaired) electrons. The highest BCUT2D eigenvalue weighted by molar-refractivity contribution is 9.10. The average molecular weight is 355 g/mol. The molecular formula is C14H15BrN2O2S. The SMILES string of the molecule is COC(=O)c1nc(NC(C)c2ccc(Br)cc2)sc1C. The number of hydrogen-bond donors (Lipinski definition) is 1. The van der Waals surface area contributed by atoms with E-state index in [-0.39, 0.29) is 6.04 Å². The van der Waals surface area contributed by atoms with E-state index in [4.69, 9.17) is 4.74 Å². The summed E-state index contributed by atoms with van der Waals surface area (Å²) in [5.41, 5.74) is 1.53. The molecule has 0 fully saturated rings. The lowest BCUT2D eigenvalue weighted by Gasteiger charge is -2.13. The molecule has 6 heteroatoms. The van der Waals surface area contributed by atoms with Crippen LogP contribution in [0.4, 0.5) is 5.13 Å². The quantitative estimate of drug-likeness (QED) is 0.837. The van der Waals surface area contributed by atoms with Crippen molar-refractivity contribution in [3.05, 3.63) is 44.9 Å². The number of esters is 1. The van der Waals surface area contributed by atoms with Gasteiger partial charge in [0.15, 0.2) is 10.8 Å². The topological polar surface area (TPSA) is 51.2 Å². The lowest BCUT2D eigenvalue weighted by Crippen LogP contribution is -2.07. The Balaban J connectivity index is 2.13. The summed E-state index contributed by atoms with van der Waals surface area (Å²) in [6.07, 6.45) is 0. The number of aromatic nitrogens is 1. The van der Waals surface area contributed by atoms with E-state index in [1.54, 1.807) is 0 Å². The Bertz CT molecular complexity index is 610. The average Bonchev–Trinajstić information content (AvgIpc) is 2.79. The largest absolute Gasteiger partial charge is 0.464 e. The lowest BCUT2D eigenvalue weighted by molar-refractivity contribution is 0.0594. The summed E-state index contributed by atoms with van der Waals surface area (Å²) in [6.45, 7) is 3.91. The molecule has 0 amide bonds. The third-order valence-electron chi connectivity index (χ3n) is 2.89. The van der Waals surface area contributed by atoms with Crippen molar-refractivity contribution < 1.29 is 9.53 Å². The number of carbonyl (C=O) groups excluding carboxylic acids is 1. The van der Waals surface area contributed by atoms with E-state index in [0.717, 1.165) is 20.0 Å². The second kappa shape index (κ2) is 6.37. The van der Waals surface area contributed by atoms with Gasteiger partial charge in [-0.15, -0.1) is 11.3 Å². The minimum atomic E-state index is -0.400. The molecule has 0 saturated carbocycles. The van der Waals surface area contributed by atoms with E-state index in [1.807, 2.05) is 31.2 Å². The third-order valence-corrected chi connectivity index (χ3v) is 4.32. The first-order valence-corrected chi connectivity index (χ1v) is 7.70. The Kier molecular flexibility index (Phi) is 4.77. The fourth-order valence-corrected chi connectivity index (χ4v) is 2.92. The van der Waals surface area contributed by atoms with Crippen LogP contribution in [0.3, 0.4) is 0 Å². The molecule has 0 aliphatic heterocycles. The Labute approximate surface area is 130 Å². The number of hydrogen-bond acceptors (Lipinski definition) is 5. The number of aryl methyl sites for hydroxylation is 1. The fraction of sp³-hybridized carbons (Fsp3) is 0.286. The molecule has 2 aromatic rings. The smallest absolute Gasteiger partial charge is 0.357 e. The Morgan fingerprint density at radius 2 is 2.05 bits per heavy atom. The molecule has 4 nitrogen and oxygen atoms in total. The van der Waals surface area contributed by atoms with Crippen molar-refractivity contribution in [1.29, 1.82) is 0 Å². The first-order chi connectivity index (χ1) is 9.51. The van der Waals surface area contributed by atoms with Gasteiger partial charge in [0, 0.05) is 9.35 Å². The van der Waals surface area contributed by atoms with Gasteiger partial charge < -0.3 is 10.1 Å². The van der Waals surface area contributed by atoms with Gasteiger partial charge in [0.05, 0.1) is 13.2 Å². The lowest BCUT2D eigenvalue weighted by atomic mass is 10.1. The van der Waals surface area contributed by atoms with Crippen LogP contribution in [0.5, 0.6) is 0 Å². The maximum atomic E-state index is 11.5. The van der Waals surface area contributed by atoms with Crippen molar-refractivity contribution in [2.75, 3.05) is 12.4 Å². The second-order valence-electron chi connectivity index (χ2n) is 4.33. The molecule has 20 heavy (non-hydrogen) atoms. The molecule has 1 unspecified atom stereocenters. The van der Waals surface area contributed by atoms with Crippen LogP contribution in [0.2, 0.25) is 0 Å². The van der Waals surface area contributed by atoms with Crippen molar-refractivity contribution in [3.63, 3.8) is 0 Å². The van der Waals surface area contributed by atoms with Gasteiger partial charge in [-0.1, -0.05) is 28.1 Å². The number of benzene rings is 1. The Morgan fingerprint density at radius 1 is 1.40 bits per heavy atom. The zero-order valence-electron chi connectivity index (χ0n) is 11.4. The van der Waals surface area contributed by atoms with Crippen LogP contribution in [-0.2, 0) is 4.74 Å². The first kappa shape index (κ1) is 15.0. The van der Waals surface area contributed by atoms with Crippen molar-refractivity contribution in [3.8, 4) is 0 Å². The number of anilines is 1. The van der Waals surface area contributed by atoms with Crippen molar-refractivity contribution in [1.82, 2.24) is 4.98 Å². The number of nitrogens with one attached hydrogen (secondary N) is 1. The van der Waals surface area contributed by atoms with Crippen LogP contribution in [0.1, 0.15) is 33.9 Å². The summed E-state index contributed by atoms with van der Waals surface area (Å²) in [5.74, 6) is -0.400. The van der Waals surface area contributed by atoms with E-state index in [2.05, 4.69) is 33.2 Å². The van der Waals surface area contributed by atoms with Crippen molar-refractivity contribution >= 4 is 38.4 Å². The summed E-state index contributed by atoms with van der Waals surface area (Å²) in [5, 5.41) is 4.02. The van der Waals surface area contributed by atoms with E-state index in [1.165, 1.54) is 18.4 Å². The molecule has 1 aromatic carbocycles. The first-order valence-electron chi connectivity index (χ1n) is 6.09. The van der Waals surface area contributed by atoms with Gasteiger partial charge in [-0.3, -0.25) is 0 Å². The number of methoxy groups -OCH3 is 1. The van der Waals surface area contributed by atoms with Crippen LogP contribution in [-0.4, -0.2) is 18.1 Å². The summed E-state index contributed by atoms with van der Waals surface area (Å²) < 4.78 is 5.75. The Hall–Kier alpha value is -1.40.